The summed E-state index contributed by atoms with van der Waals surface area (Å²) in [6.45, 7) is 3.92. The molecule has 0 saturated heterocycles. The fourth-order valence-electron chi connectivity index (χ4n) is 7.90. The Balaban J connectivity index is 0.00000129. The normalized spacial score (nSPS) is 18.7. The van der Waals surface area contributed by atoms with Crippen LogP contribution in [0.4, 0.5) is 5.69 Å². The molecule has 7 rings (SSSR count). The maximum absolute atomic E-state index is 13.9. The fraction of sp³-hybridized carbons (Fsp3) is 0.225. The highest BCUT2D eigenvalue weighted by Crippen LogP contribution is 2.63. The number of hydrogen-bond donors (Lipinski definition) is 0. The van der Waals surface area contributed by atoms with Crippen molar-refractivity contribution in [2.24, 2.45) is 0 Å². The lowest BCUT2D eigenvalue weighted by atomic mass is 9.81. The molecular weight excluding hydrogens is 707 g/mol. The van der Waals surface area contributed by atoms with Gasteiger partial charge >= 0.3 is 0 Å². The van der Waals surface area contributed by atoms with Gasteiger partial charge in [0.2, 0.25) is 5.91 Å². The van der Waals surface area contributed by atoms with Gasteiger partial charge in [-0.2, -0.15) is 0 Å². The zero-order valence-corrected chi connectivity index (χ0v) is 32.0. The lowest BCUT2D eigenvalue weighted by molar-refractivity contribution is -0.117. The van der Waals surface area contributed by atoms with E-state index in [1.165, 1.54) is 21.7 Å². The van der Waals surface area contributed by atoms with E-state index in [0.29, 0.717) is 0 Å². The van der Waals surface area contributed by atoms with Crippen molar-refractivity contribution in [1.82, 2.24) is 0 Å². The van der Waals surface area contributed by atoms with Gasteiger partial charge in [0.15, 0.2) is 0 Å². The van der Waals surface area contributed by atoms with Gasteiger partial charge in [-0.25, -0.2) is 0 Å². The summed E-state index contributed by atoms with van der Waals surface area (Å²) in [7, 11) is 0. The van der Waals surface area contributed by atoms with Gasteiger partial charge in [0.1, 0.15) is 0 Å². The van der Waals surface area contributed by atoms with Crippen LogP contribution in [0.2, 0.25) is 0 Å². The van der Waals surface area contributed by atoms with Crippen molar-refractivity contribution in [3.8, 4) is 0 Å². The topological polar surface area (TPSA) is 20.3 Å². The van der Waals surface area contributed by atoms with Crippen molar-refractivity contribution in [2.45, 2.75) is 50.7 Å². The Morgan fingerprint density at radius 2 is 1.17 bits per heavy atom. The summed E-state index contributed by atoms with van der Waals surface area (Å²) < 4.78 is 0. The number of amides is 1. The summed E-state index contributed by atoms with van der Waals surface area (Å²) in [5, 5.41) is 6.12. The molecule has 5 aromatic rings. The summed E-state index contributed by atoms with van der Waals surface area (Å²) in [6.07, 6.45) is 3.05. The largest absolute Gasteiger partial charge is 0.308 e. The number of hydrogen-bond acceptors (Lipinski definition) is 3. The minimum Gasteiger partial charge on any atom is -0.308 e. The maximum atomic E-state index is 13.9. The number of nitrogens with zero attached hydrogens (tertiary/aromatic N) is 1. The van der Waals surface area contributed by atoms with E-state index in [2.05, 4.69) is 145 Å². The molecule has 0 N–H and O–H groups in total. The molecule has 3 atom stereocenters. The Morgan fingerprint density at radius 3 is 1.60 bits per heavy atom. The molecule has 1 amide bonds. The van der Waals surface area contributed by atoms with Crippen molar-refractivity contribution >= 4 is 97.0 Å². The van der Waals surface area contributed by atoms with Crippen LogP contribution in [0.3, 0.4) is 0 Å². The number of benzene rings is 5. The number of carbonyl (C=O) groups is 1. The lowest BCUT2D eigenvalue weighted by Crippen LogP contribution is -2.45. The average Bonchev–Trinajstić information content (AvgIpc) is 3.47. The number of carbonyl (C=O) groups excluding carboxylic acids is 1. The van der Waals surface area contributed by atoms with Gasteiger partial charge in [-0.1, -0.05) is 163 Å². The van der Waals surface area contributed by atoms with E-state index in [-0.39, 0.29) is 28.9 Å². The van der Waals surface area contributed by atoms with Crippen LogP contribution in [0, 0.1) is 6.92 Å². The van der Waals surface area contributed by atoms with Gasteiger partial charge in [0.05, 0.1) is 11.0 Å². The number of alkyl halides is 2. The number of anilines is 1. The molecule has 1 fully saturated rings. The molecule has 0 aromatic heterocycles. The van der Waals surface area contributed by atoms with Crippen LogP contribution in [0.25, 0.3) is 0 Å². The molecule has 0 bridgehead atoms. The highest BCUT2D eigenvalue weighted by Gasteiger charge is 2.52. The summed E-state index contributed by atoms with van der Waals surface area (Å²) in [5.41, 5.74) is 3.72. The van der Waals surface area contributed by atoms with Crippen molar-refractivity contribution in [2.75, 3.05) is 10.2 Å². The van der Waals surface area contributed by atoms with Crippen molar-refractivity contribution in [1.29, 1.82) is 0 Å². The fourth-order valence-corrected chi connectivity index (χ4v) is 17.1. The van der Waals surface area contributed by atoms with Crippen LogP contribution >= 0.6 is 35.3 Å². The Morgan fingerprint density at radius 1 is 0.729 bits per heavy atom. The van der Waals surface area contributed by atoms with E-state index in [0.717, 1.165) is 40.9 Å². The molecule has 1 heterocycles. The van der Waals surface area contributed by atoms with E-state index in [1.807, 2.05) is 0 Å². The van der Waals surface area contributed by atoms with Gasteiger partial charge in [0, 0.05) is 41.9 Å². The smallest absolute Gasteiger partial charge is 0.224 e. The molecule has 2 nitrogen and oxygen atoms in total. The molecule has 5 aromatic carbocycles. The predicted octanol–water partition coefficient (Wildman–Crippen LogP) is 8.67. The molecule has 8 heteroatoms. The first-order valence-corrected chi connectivity index (χ1v) is 23.0. The molecule has 0 spiro atoms. The molecule has 1 saturated carbocycles. The van der Waals surface area contributed by atoms with Crippen LogP contribution in [0.15, 0.2) is 133 Å². The molecule has 0 unspecified atom stereocenters. The van der Waals surface area contributed by atoms with E-state index in [9.17, 15) is 4.79 Å². The van der Waals surface area contributed by atoms with Gasteiger partial charge < -0.3 is 4.90 Å². The Bertz CT molecular complexity index is 1890. The molecule has 1 aliphatic carbocycles. The number of aryl methyl sites for hydroxylation is 1. The van der Waals surface area contributed by atoms with Gasteiger partial charge in [-0.3, -0.25) is 4.79 Å². The van der Waals surface area contributed by atoms with Crippen LogP contribution in [0.1, 0.15) is 43.2 Å². The zero-order valence-electron chi connectivity index (χ0n) is 27.1. The number of halogens is 2. The second-order valence-electron chi connectivity index (χ2n) is 12.4. The molecular formula is C40H39Cl2NOP2S2. The first kappa shape index (κ1) is 35.3. The predicted molar refractivity (Wildman–Crippen MR) is 218 cm³/mol. The van der Waals surface area contributed by atoms with Gasteiger partial charge in [0.25, 0.3) is 0 Å². The second kappa shape index (κ2) is 15.1. The second-order valence-corrected chi connectivity index (χ2v) is 22.3. The SMILES string of the molecule is CC(=O)N1c2c(cc(C)cc2P(=S)(c2ccccc2)c2ccccc2)[C@H]2[C@@H]1CCC[C@@H]2P(=S)(c1ccccc1)c1ccccc1.ClCCl. The lowest BCUT2D eigenvalue weighted by Gasteiger charge is -2.43. The van der Waals surface area contributed by atoms with E-state index in [1.54, 1.807) is 6.92 Å². The van der Waals surface area contributed by atoms with Crippen LogP contribution < -0.4 is 31.4 Å². The minimum atomic E-state index is -2.53. The molecule has 2 aliphatic rings. The summed E-state index contributed by atoms with van der Waals surface area (Å²) in [5.74, 6) is 0.224. The molecule has 0 radical (unpaired) electrons. The van der Waals surface area contributed by atoms with Crippen LogP contribution in [0.5, 0.6) is 0 Å². The molecule has 48 heavy (non-hydrogen) atoms. The third kappa shape index (κ3) is 6.30. The van der Waals surface area contributed by atoms with E-state index < -0.39 is 12.1 Å². The Hall–Kier alpha value is -2.55. The third-order valence-electron chi connectivity index (χ3n) is 9.69. The third-order valence-corrected chi connectivity index (χ3v) is 20.3. The number of rotatable bonds is 6. The Kier molecular flexibility index (Phi) is 11.1. The monoisotopic (exact) mass is 745 g/mol. The minimum absolute atomic E-state index is 0.0570. The standard InChI is InChI=1S/C39H37NOP2S2.CH2Cl2/c1-28-26-34-38-35(24-15-25-36(38)42(44,30-16-7-3-8-17-30)31-18-9-4-10-19-31)40(29(2)41)39(34)37(27-28)43(45,32-20-11-5-12-21-32)33-22-13-6-14-23-33;2-1-3/h3-14,16-23,26-27,35-36,38H,15,24-25H2,1-2H3;1H2/t35-,36-,38-;/m0./s1. The quantitative estimate of drug-likeness (QED) is 0.128. The zero-order chi connectivity index (χ0) is 33.9. The van der Waals surface area contributed by atoms with Gasteiger partial charge in [-0.05, 0) is 52.6 Å². The molecule has 246 valence electrons. The first-order chi connectivity index (χ1) is 23.3. The van der Waals surface area contributed by atoms with E-state index in [4.69, 9.17) is 46.8 Å². The van der Waals surface area contributed by atoms with Crippen LogP contribution in [-0.2, 0) is 28.4 Å². The summed E-state index contributed by atoms with van der Waals surface area (Å²) >= 11 is 23.4. The Labute approximate surface area is 305 Å². The maximum Gasteiger partial charge on any atom is 0.224 e. The van der Waals surface area contributed by atoms with Crippen molar-refractivity contribution < 1.29 is 4.79 Å². The highest BCUT2D eigenvalue weighted by atomic mass is 35.5. The molecule has 1 aliphatic heterocycles. The van der Waals surface area contributed by atoms with Gasteiger partial charge in [-0.15, -0.1) is 23.2 Å². The van der Waals surface area contributed by atoms with Crippen molar-refractivity contribution in [3.05, 3.63) is 145 Å². The average molecular weight is 747 g/mol. The van der Waals surface area contributed by atoms with E-state index >= 15 is 0 Å². The van der Waals surface area contributed by atoms with Crippen LogP contribution in [-0.4, -0.2) is 22.9 Å². The number of fused-ring (bicyclic) bond motifs is 3. The van der Waals surface area contributed by atoms with Crippen molar-refractivity contribution in [3.63, 3.8) is 0 Å². The highest BCUT2D eigenvalue weighted by molar-refractivity contribution is 8.25. The summed E-state index contributed by atoms with van der Waals surface area (Å²) in [4.78, 5) is 16.0. The first-order valence-electron chi connectivity index (χ1n) is 16.3. The summed E-state index contributed by atoms with van der Waals surface area (Å²) in [6, 6.07) is 42.6.